The summed E-state index contributed by atoms with van der Waals surface area (Å²) >= 11 is 0. The second-order valence-electron chi connectivity index (χ2n) is 7.37. The minimum absolute atomic E-state index is 0.293. The number of rotatable bonds is 6. The van der Waals surface area contributed by atoms with Crippen LogP contribution in [0.4, 0.5) is 5.69 Å². The van der Waals surface area contributed by atoms with E-state index in [0.717, 1.165) is 35.4 Å². The topological polar surface area (TPSA) is 94.8 Å². The van der Waals surface area contributed by atoms with Crippen molar-refractivity contribution in [3.8, 4) is 28.3 Å². The lowest BCUT2D eigenvalue weighted by atomic mass is 10.1. The molecule has 0 saturated heterocycles. The largest absolute Gasteiger partial charge is 0.495 e. The molecule has 0 bridgehead atoms. The number of nitrogens with one attached hydrogen (secondary N) is 1. The third-order valence-corrected chi connectivity index (χ3v) is 5.17. The van der Waals surface area contributed by atoms with Gasteiger partial charge in [0.2, 0.25) is 0 Å². The number of amides is 1. The predicted octanol–water partition coefficient (Wildman–Crippen LogP) is 4.00. The van der Waals surface area contributed by atoms with Crippen molar-refractivity contribution < 1.29 is 9.53 Å². The van der Waals surface area contributed by atoms with E-state index in [9.17, 15) is 4.79 Å². The van der Waals surface area contributed by atoms with Gasteiger partial charge in [-0.2, -0.15) is 0 Å². The number of ether oxygens (including phenoxy) is 1. The Morgan fingerprint density at radius 3 is 2.84 bits per heavy atom. The van der Waals surface area contributed by atoms with Gasteiger partial charge in [0, 0.05) is 35.2 Å². The molecule has 8 heteroatoms. The van der Waals surface area contributed by atoms with Gasteiger partial charge < -0.3 is 14.6 Å². The Balaban J connectivity index is 1.37. The van der Waals surface area contributed by atoms with E-state index in [4.69, 9.17) is 4.74 Å². The number of methoxy groups -OCH3 is 1. The molecule has 1 N–H and O–H groups in total. The van der Waals surface area contributed by atoms with Crippen LogP contribution in [0.25, 0.3) is 22.5 Å². The molecule has 5 rings (SSSR count). The number of carbonyl (C=O) groups excluding carboxylic acids is 1. The number of hydrogen-bond donors (Lipinski definition) is 1. The van der Waals surface area contributed by atoms with Crippen LogP contribution in [-0.2, 0) is 0 Å². The number of benzene rings is 1. The zero-order valence-electron chi connectivity index (χ0n) is 16.9. The van der Waals surface area contributed by atoms with E-state index in [0.29, 0.717) is 23.2 Å². The first-order valence-electron chi connectivity index (χ1n) is 9.98. The van der Waals surface area contributed by atoms with Gasteiger partial charge >= 0.3 is 0 Å². The number of aromatic nitrogens is 5. The molecule has 0 radical (unpaired) electrons. The number of nitrogens with zero attached hydrogens (tertiary/aromatic N) is 5. The molecular formula is C23H20N6O2. The zero-order chi connectivity index (χ0) is 21.2. The fourth-order valence-corrected chi connectivity index (χ4v) is 3.42. The second-order valence-corrected chi connectivity index (χ2v) is 7.37. The molecule has 3 heterocycles. The molecule has 0 aliphatic heterocycles. The van der Waals surface area contributed by atoms with Crippen molar-refractivity contribution in [2.24, 2.45) is 0 Å². The summed E-state index contributed by atoms with van der Waals surface area (Å²) in [6, 6.07) is 13.5. The van der Waals surface area contributed by atoms with Crippen LogP contribution < -0.4 is 10.1 Å². The fraction of sp³-hybridized carbons (Fsp3) is 0.174. The van der Waals surface area contributed by atoms with Crippen LogP contribution in [0.1, 0.15) is 29.4 Å². The molecule has 0 unspecified atom stereocenters. The SMILES string of the molecule is COc1cncc(-c2ccnc(C(=O)Nc3cccc(-c4nncn4C4CC4)c3)c2)c1. The average Bonchev–Trinajstić information content (AvgIpc) is 3.55. The average molecular weight is 412 g/mol. The summed E-state index contributed by atoms with van der Waals surface area (Å²) in [7, 11) is 1.59. The second kappa shape index (κ2) is 7.98. The highest BCUT2D eigenvalue weighted by Gasteiger charge is 2.26. The van der Waals surface area contributed by atoms with Crippen LogP contribution in [-0.4, -0.2) is 37.7 Å². The van der Waals surface area contributed by atoms with E-state index in [1.54, 1.807) is 38.1 Å². The van der Waals surface area contributed by atoms with Crippen molar-refractivity contribution in [2.75, 3.05) is 12.4 Å². The smallest absolute Gasteiger partial charge is 0.274 e. The minimum Gasteiger partial charge on any atom is -0.495 e. The molecule has 1 aliphatic carbocycles. The van der Waals surface area contributed by atoms with E-state index < -0.39 is 0 Å². The predicted molar refractivity (Wildman–Crippen MR) is 116 cm³/mol. The number of hydrogen-bond acceptors (Lipinski definition) is 6. The molecule has 1 amide bonds. The van der Waals surface area contributed by atoms with E-state index in [1.165, 1.54) is 0 Å². The molecular weight excluding hydrogens is 392 g/mol. The first kappa shape index (κ1) is 18.9. The van der Waals surface area contributed by atoms with E-state index >= 15 is 0 Å². The van der Waals surface area contributed by atoms with Crippen LogP contribution in [0.5, 0.6) is 5.75 Å². The van der Waals surface area contributed by atoms with Crippen molar-refractivity contribution >= 4 is 11.6 Å². The molecule has 1 fully saturated rings. The van der Waals surface area contributed by atoms with E-state index in [2.05, 4.69) is 30.0 Å². The highest BCUT2D eigenvalue weighted by molar-refractivity contribution is 6.03. The third kappa shape index (κ3) is 4.00. The van der Waals surface area contributed by atoms with Gasteiger partial charge in [-0.05, 0) is 48.7 Å². The molecule has 8 nitrogen and oxygen atoms in total. The van der Waals surface area contributed by atoms with Gasteiger partial charge in [0.1, 0.15) is 17.8 Å². The summed E-state index contributed by atoms with van der Waals surface area (Å²) in [5, 5.41) is 11.2. The lowest BCUT2D eigenvalue weighted by Crippen LogP contribution is -2.13. The summed E-state index contributed by atoms with van der Waals surface area (Å²) in [5.41, 5.74) is 3.57. The molecule has 4 aromatic rings. The van der Waals surface area contributed by atoms with Crippen LogP contribution in [0.15, 0.2) is 67.4 Å². The van der Waals surface area contributed by atoms with Gasteiger partial charge in [0.25, 0.3) is 5.91 Å². The van der Waals surface area contributed by atoms with Gasteiger partial charge in [-0.15, -0.1) is 10.2 Å². The highest BCUT2D eigenvalue weighted by Crippen LogP contribution is 2.37. The maximum Gasteiger partial charge on any atom is 0.274 e. The molecule has 1 saturated carbocycles. The molecule has 0 spiro atoms. The maximum atomic E-state index is 12.9. The highest BCUT2D eigenvalue weighted by atomic mass is 16.5. The number of carbonyl (C=O) groups is 1. The van der Waals surface area contributed by atoms with Crippen molar-refractivity contribution in [3.63, 3.8) is 0 Å². The summed E-state index contributed by atoms with van der Waals surface area (Å²) in [5.74, 6) is 1.17. The van der Waals surface area contributed by atoms with Crippen LogP contribution >= 0.6 is 0 Å². The summed E-state index contributed by atoms with van der Waals surface area (Å²) in [6.45, 7) is 0. The van der Waals surface area contributed by atoms with Crippen molar-refractivity contribution in [3.05, 3.63) is 73.1 Å². The van der Waals surface area contributed by atoms with E-state index in [1.807, 2.05) is 36.4 Å². The maximum absolute atomic E-state index is 12.9. The summed E-state index contributed by atoms with van der Waals surface area (Å²) in [4.78, 5) is 21.3. The van der Waals surface area contributed by atoms with Gasteiger partial charge in [0.15, 0.2) is 5.82 Å². The fourth-order valence-electron chi connectivity index (χ4n) is 3.42. The Labute approximate surface area is 179 Å². The van der Waals surface area contributed by atoms with E-state index in [-0.39, 0.29) is 5.91 Å². The van der Waals surface area contributed by atoms with Gasteiger partial charge in [-0.3, -0.25) is 14.8 Å². The quantitative estimate of drug-likeness (QED) is 0.514. The van der Waals surface area contributed by atoms with Gasteiger partial charge in [-0.25, -0.2) is 0 Å². The summed E-state index contributed by atoms with van der Waals surface area (Å²) < 4.78 is 7.32. The Bertz CT molecular complexity index is 1250. The molecule has 1 aromatic carbocycles. The minimum atomic E-state index is -0.293. The molecule has 154 valence electrons. The molecule has 31 heavy (non-hydrogen) atoms. The Morgan fingerprint density at radius 2 is 2.00 bits per heavy atom. The van der Waals surface area contributed by atoms with Crippen molar-refractivity contribution in [1.29, 1.82) is 0 Å². The monoisotopic (exact) mass is 412 g/mol. The van der Waals surface area contributed by atoms with Gasteiger partial charge in [-0.1, -0.05) is 12.1 Å². The molecule has 1 aliphatic rings. The molecule has 0 atom stereocenters. The zero-order valence-corrected chi connectivity index (χ0v) is 16.9. The Morgan fingerprint density at radius 1 is 1.10 bits per heavy atom. The summed E-state index contributed by atoms with van der Waals surface area (Å²) in [6.07, 6.45) is 9.02. The standard InChI is InChI=1S/C23H20N6O2/c1-31-20-10-17(12-24-13-20)15-7-8-25-21(11-15)23(30)27-18-4-2-3-16(9-18)22-28-26-14-29(22)19-5-6-19/h2-4,7-14,19H,5-6H2,1H3,(H,27,30). The van der Waals surface area contributed by atoms with Crippen molar-refractivity contribution in [2.45, 2.75) is 18.9 Å². The number of anilines is 1. The van der Waals surface area contributed by atoms with Crippen LogP contribution in [0.2, 0.25) is 0 Å². The number of pyridine rings is 2. The first-order valence-corrected chi connectivity index (χ1v) is 9.98. The Hall–Kier alpha value is -4.07. The van der Waals surface area contributed by atoms with Crippen LogP contribution in [0, 0.1) is 0 Å². The van der Waals surface area contributed by atoms with Crippen LogP contribution in [0.3, 0.4) is 0 Å². The lowest BCUT2D eigenvalue weighted by molar-refractivity contribution is 0.102. The third-order valence-electron chi connectivity index (χ3n) is 5.17. The normalized spacial score (nSPS) is 13.1. The lowest BCUT2D eigenvalue weighted by Gasteiger charge is -2.09. The Kier molecular flexibility index (Phi) is 4.87. The molecule has 3 aromatic heterocycles. The van der Waals surface area contributed by atoms with Crippen molar-refractivity contribution in [1.82, 2.24) is 24.7 Å². The van der Waals surface area contributed by atoms with Gasteiger partial charge in [0.05, 0.1) is 13.3 Å². The first-order chi connectivity index (χ1) is 15.2.